The van der Waals surface area contributed by atoms with Crippen LogP contribution in [0.4, 0.5) is 0 Å². The number of carbonyl (C=O) groups is 1. The third-order valence-corrected chi connectivity index (χ3v) is 2.62. The standard InChI is InChI=1S/C9H8Cl2O3/c1-14-7(13)4-5-2-3-6(12)9(11)8(5)10/h2-3,12H,4H2,1H3. The number of esters is 1. The van der Waals surface area contributed by atoms with E-state index in [0.717, 1.165) is 0 Å². The second kappa shape index (κ2) is 4.53. The van der Waals surface area contributed by atoms with Gasteiger partial charge in [-0.2, -0.15) is 0 Å². The van der Waals surface area contributed by atoms with E-state index in [9.17, 15) is 9.90 Å². The van der Waals surface area contributed by atoms with Crippen molar-refractivity contribution in [3.8, 4) is 5.75 Å². The molecule has 0 heterocycles. The maximum Gasteiger partial charge on any atom is 0.310 e. The monoisotopic (exact) mass is 234 g/mol. The van der Waals surface area contributed by atoms with Gasteiger partial charge in [-0.15, -0.1) is 0 Å². The van der Waals surface area contributed by atoms with Crippen molar-refractivity contribution in [3.63, 3.8) is 0 Å². The van der Waals surface area contributed by atoms with E-state index in [1.165, 1.54) is 19.2 Å². The average molecular weight is 235 g/mol. The maximum atomic E-state index is 10.9. The van der Waals surface area contributed by atoms with E-state index in [1.54, 1.807) is 0 Å². The van der Waals surface area contributed by atoms with Gasteiger partial charge in [-0.3, -0.25) is 4.79 Å². The molecule has 0 saturated carbocycles. The minimum Gasteiger partial charge on any atom is -0.506 e. The highest BCUT2D eigenvalue weighted by Crippen LogP contribution is 2.33. The first-order valence-corrected chi connectivity index (χ1v) is 4.54. The van der Waals surface area contributed by atoms with Gasteiger partial charge < -0.3 is 9.84 Å². The molecule has 0 aliphatic rings. The summed E-state index contributed by atoms with van der Waals surface area (Å²) in [6.45, 7) is 0. The van der Waals surface area contributed by atoms with Gasteiger partial charge in [0.25, 0.3) is 0 Å². The fourth-order valence-electron chi connectivity index (χ4n) is 0.943. The molecule has 0 bridgehead atoms. The molecule has 0 aromatic heterocycles. The lowest BCUT2D eigenvalue weighted by Crippen LogP contribution is -2.04. The van der Waals surface area contributed by atoms with Crippen LogP contribution in [0, 0.1) is 0 Å². The molecule has 0 radical (unpaired) electrons. The van der Waals surface area contributed by atoms with Crippen LogP contribution in [0.1, 0.15) is 5.56 Å². The number of phenols is 1. The highest BCUT2D eigenvalue weighted by molar-refractivity contribution is 6.43. The van der Waals surface area contributed by atoms with Crippen molar-refractivity contribution in [1.29, 1.82) is 0 Å². The number of carbonyl (C=O) groups excluding carboxylic acids is 1. The summed E-state index contributed by atoms with van der Waals surface area (Å²) >= 11 is 11.5. The summed E-state index contributed by atoms with van der Waals surface area (Å²) in [5, 5.41) is 9.41. The molecule has 14 heavy (non-hydrogen) atoms. The fraction of sp³-hybridized carbons (Fsp3) is 0.222. The lowest BCUT2D eigenvalue weighted by molar-refractivity contribution is -0.139. The zero-order valence-electron chi connectivity index (χ0n) is 7.38. The highest BCUT2D eigenvalue weighted by atomic mass is 35.5. The van der Waals surface area contributed by atoms with Gasteiger partial charge in [0.05, 0.1) is 18.6 Å². The van der Waals surface area contributed by atoms with E-state index in [4.69, 9.17) is 23.2 Å². The predicted molar refractivity (Wildman–Crippen MR) is 53.8 cm³/mol. The minimum absolute atomic E-state index is 0.0370. The Morgan fingerprint density at radius 2 is 2.07 bits per heavy atom. The minimum atomic E-state index is -0.409. The topological polar surface area (TPSA) is 46.5 Å². The molecule has 0 aliphatic heterocycles. The Bertz CT molecular complexity index is 363. The molecule has 0 fully saturated rings. The van der Waals surface area contributed by atoms with Crippen LogP contribution in [0.2, 0.25) is 10.0 Å². The van der Waals surface area contributed by atoms with E-state index < -0.39 is 5.97 Å². The summed E-state index contributed by atoms with van der Waals surface area (Å²) in [6.07, 6.45) is 0.0370. The number of hydrogen-bond acceptors (Lipinski definition) is 3. The Hall–Kier alpha value is -0.930. The zero-order chi connectivity index (χ0) is 10.7. The average Bonchev–Trinajstić information content (AvgIpc) is 2.19. The molecule has 5 heteroatoms. The van der Waals surface area contributed by atoms with Crippen molar-refractivity contribution in [1.82, 2.24) is 0 Å². The molecule has 0 spiro atoms. The van der Waals surface area contributed by atoms with Crippen LogP contribution in [-0.2, 0) is 16.0 Å². The summed E-state index contributed by atoms with van der Waals surface area (Å²) in [5.74, 6) is -0.515. The van der Waals surface area contributed by atoms with Gasteiger partial charge >= 0.3 is 5.97 Å². The van der Waals surface area contributed by atoms with Crippen LogP contribution < -0.4 is 0 Å². The summed E-state index contributed by atoms with van der Waals surface area (Å²) in [6, 6.07) is 2.91. The van der Waals surface area contributed by atoms with E-state index in [0.29, 0.717) is 5.56 Å². The van der Waals surface area contributed by atoms with E-state index in [1.807, 2.05) is 0 Å². The maximum absolute atomic E-state index is 10.9. The van der Waals surface area contributed by atoms with Gasteiger partial charge in [0.2, 0.25) is 0 Å². The van der Waals surface area contributed by atoms with E-state index in [2.05, 4.69) is 4.74 Å². The SMILES string of the molecule is COC(=O)Cc1ccc(O)c(Cl)c1Cl. The highest BCUT2D eigenvalue weighted by Gasteiger charge is 2.12. The molecule has 1 aromatic carbocycles. The number of phenolic OH excluding ortho intramolecular Hbond substituents is 1. The molecule has 0 atom stereocenters. The van der Waals surface area contributed by atoms with Crippen molar-refractivity contribution in [2.45, 2.75) is 6.42 Å². The van der Waals surface area contributed by atoms with Gasteiger partial charge in [0.15, 0.2) is 0 Å². The molecule has 0 amide bonds. The fourth-order valence-corrected chi connectivity index (χ4v) is 1.35. The lowest BCUT2D eigenvalue weighted by atomic mass is 10.1. The van der Waals surface area contributed by atoms with E-state index in [-0.39, 0.29) is 22.2 Å². The van der Waals surface area contributed by atoms with E-state index >= 15 is 0 Å². The molecule has 76 valence electrons. The Labute approximate surface area is 91.2 Å². The third kappa shape index (κ3) is 2.30. The number of aromatic hydroxyl groups is 1. The van der Waals surface area contributed by atoms with Crippen molar-refractivity contribution in [2.75, 3.05) is 7.11 Å². The second-order valence-corrected chi connectivity index (χ2v) is 3.38. The molecule has 0 saturated heterocycles. The van der Waals surface area contributed by atoms with Crippen molar-refractivity contribution < 1.29 is 14.6 Å². The normalized spacial score (nSPS) is 9.93. The largest absolute Gasteiger partial charge is 0.506 e. The van der Waals surface area contributed by atoms with Gasteiger partial charge in [0, 0.05) is 0 Å². The third-order valence-electron chi connectivity index (χ3n) is 1.70. The first kappa shape index (κ1) is 11.1. The van der Waals surface area contributed by atoms with Crippen LogP contribution >= 0.6 is 23.2 Å². The second-order valence-electron chi connectivity index (χ2n) is 2.62. The first-order valence-electron chi connectivity index (χ1n) is 3.79. The van der Waals surface area contributed by atoms with Gasteiger partial charge in [0.1, 0.15) is 10.8 Å². The zero-order valence-corrected chi connectivity index (χ0v) is 8.89. The number of ether oxygens (including phenoxy) is 1. The quantitative estimate of drug-likeness (QED) is 0.800. The molecule has 0 aliphatic carbocycles. The van der Waals surface area contributed by atoms with Crippen molar-refractivity contribution in [3.05, 3.63) is 27.7 Å². The smallest absolute Gasteiger partial charge is 0.310 e. The Balaban J connectivity index is 3.00. The summed E-state index contributed by atoms with van der Waals surface area (Å²) in [5.41, 5.74) is 0.529. The van der Waals surface area contributed by atoms with Crippen molar-refractivity contribution >= 4 is 29.2 Å². The number of benzene rings is 1. The van der Waals surface area contributed by atoms with Crippen LogP contribution in [0.5, 0.6) is 5.75 Å². The molecule has 1 N–H and O–H groups in total. The lowest BCUT2D eigenvalue weighted by Gasteiger charge is -2.05. The molecular formula is C9H8Cl2O3. The number of hydrogen-bond donors (Lipinski definition) is 1. The van der Waals surface area contributed by atoms with Gasteiger partial charge in [-0.05, 0) is 11.6 Å². The van der Waals surface area contributed by atoms with Gasteiger partial charge in [-0.1, -0.05) is 29.3 Å². The van der Waals surface area contributed by atoms with Crippen LogP contribution in [0.25, 0.3) is 0 Å². The molecular weight excluding hydrogens is 227 g/mol. The Morgan fingerprint density at radius 1 is 1.43 bits per heavy atom. The summed E-state index contributed by atoms with van der Waals surface area (Å²) in [4.78, 5) is 10.9. The number of rotatable bonds is 2. The Kier molecular flexibility index (Phi) is 3.61. The molecule has 3 nitrogen and oxygen atoms in total. The van der Waals surface area contributed by atoms with Crippen LogP contribution in [0.15, 0.2) is 12.1 Å². The number of methoxy groups -OCH3 is 1. The van der Waals surface area contributed by atoms with Gasteiger partial charge in [-0.25, -0.2) is 0 Å². The van der Waals surface area contributed by atoms with Crippen LogP contribution in [-0.4, -0.2) is 18.2 Å². The summed E-state index contributed by atoms with van der Waals surface area (Å²) in [7, 11) is 1.29. The predicted octanol–water partition coefficient (Wildman–Crippen LogP) is 2.41. The molecule has 0 unspecified atom stereocenters. The summed E-state index contributed by atoms with van der Waals surface area (Å²) < 4.78 is 4.48. The van der Waals surface area contributed by atoms with Crippen LogP contribution in [0.3, 0.4) is 0 Å². The van der Waals surface area contributed by atoms with Crippen molar-refractivity contribution in [2.24, 2.45) is 0 Å². The number of halogens is 2. The molecule has 1 rings (SSSR count). The first-order chi connectivity index (χ1) is 6.56. The molecule has 1 aromatic rings. The Morgan fingerprint density at radius 3 is 2.64 bits per heavy atom.